The number of nitrogens with zero attached hydrogens (tertiary/aromatic N) is 2. The zero-order valence-corrected chi connectivity index (χ0v) is 8.46. The topological polar surface area (TPSA) is 27.6 Å². The summed E-state index contributed by atoms with van der Waals surface area (Å²) in [5.74, 6) is 1.74. The van der Waals surface area contributed by atoms with Crippen LogP contribution >= 0.6 is 0 Å². The van der Waals surface area contributed by atoms with Crippen LogP contribution in [0.1, 0.15) is 20.8 Å². The van der Waals surface area contributed by atoms with Crippen molar-refractivity contribution >= 4 is 5.96 Å². The maximum Gasteiger partial charge on any atom is 0.194 e. The molecule has 3 nitrogen and oxygen atoms in total. The third kappa shape index (κ3) is 2.40. The van der Waals surface area contributed by atoms with Crippen molar-refractivity contribution in [3.05, 3.63) is 0 Å². The van der Waals surface area contributed by atoms with Gasteiger partial charge in [0.2, 0.25) is 0 Å². The highest BCUT2D eigenvalue weighted by atomic mass is 15.3. The summed E-state index contributed by atoms with van der Waals surface area (Å²) in [5, 5.41) is 3.33. The van der Waals surface area contributed by atoms with E-state index in [2.05, 4.69) is 43.0 Å². The van der Waals surface area contributed by atoms with E-state index in [1.165, 1.54) is 0 Å². The minimum absolute atomic E-state index is 0.509. The molecular formula is C9H19N3. The molecule has 1 rings (SSSR count). The van der Waals surface area contributed by atoms with E-state index < -0.39 is 0 Å². The minimum Gasteiger partial charge on any atom is -0.352 e. The van der Waals surface area contributed by atoms with Crippen LogP contribution in [0.4, 0.5) is 0 Å². The molecule has 1 atom stereocenters. The Balaban J connectivity index is 2.38. The van der Waals surface area contributed by atoms with Crippen LogP contribution in [-0.2, 0) is 0 Å². The lowest BCUT2D eigenvalue weighted by molar-refractivity contribution is 0.414. The normalized spacial score (nSPS) is 22.4. The summed E-state index contributed by atoms with van der Waals surface area (Å²) in [6.45, 7) is 8.57. The van der Waals surface area contributed by atoms with Crippen LogP contribution in [0.3, 0.4) is 0 Å². The lowest BCUT2D eigenvalue weighted by Crippen LogP contribution is -2.40. The van der Waals surface area contributed by atoms with Crippen molar-refractivity contribution < 1.29 is 0 Å². The maximum atomic E-state index is 4.40. The molecule has 0 radical (unpaired) electrons. The average molecular weight is 169 g/mol. The predicted octanol–water partition coefficient (Wildman–Crippen LogP) is 0.922. The van der Waals surface area contributed by atoms with Gasteiger partial charge in [-0.15, -0.1) is 0 Å². The number of hydrogen-bond acceptors (Lipinski definition) is 3. The monoisotopic (exact) mass is 169 g/mol. The first-order valence-corrected chi connectivity index (χ1v) is 4.61. The zero-order chi connectivity index (χ0) is 9.14. The molecule has 1 unspecified atom stereocenters. The number of aliphatic imine (C=N–C) groups is 1. The van der Waals surface area contributed by atoms with Gasteiger partial charge in [-0.05, 0) is 12.8 Å². The van der Waals surface area contributed by atoms with Crippen LogP contribution in [-0.4, -0.2) is 37.0 Å². The van der Waals surface area contributed by atoms with Crippen molar-refractivity contribution in [2.45, 2.75) is 26.8 Å². The molecule has 3 heteroatoms. The van der Waals surface area contributed by atoms with E-state index in [9.17, 15) is 0 Å². The van der Waals surface area contributed by atoms with Gasteiger partial charge in [0, 0.05) is 19.6 Å². The maximum absolute atomic E-state index is 4.40. The van der Waals surface area contributed by atoms with E-state index in [0.29, 0.717) is 12.0 Å². The average Bonchev–Trinajstić information content (AvgIpc) is 2.34. The molecule has 0 bridgehead atoms. The standard InChI is InChI=1S/C9H19N3/c1-7(2)6-12(4)9-10-5-8(3)11-9/h7-8H,5-6H2,1-4H3,(H,10,11). The largest absolute Gasteiger partial charge is 0.352 e. The van der Waals surface area contributed by atoms with Gasteiger partial charge in [0.05, 0.1) is 6.54 Å². The smallest absolute Gasteiger partial charge is 0.194 e. The van der Waals surface area contributed by atoms with Gasteiger partial charge in [0.1, 0.15) is 0 Å². The minimum atomic E-state index is 0.509. The Bertz CT molecular complexity index is 175. The summed E-state index contributed by atoms with van der Waals surface area (Å²) >= 11 is 0. The van der Waals surface area contributed by atoms with E-state index in [-0.39, 0.29) is 0 Å². The Morgan fingerprint density at radius 3 is 2.75 bits per heavy atom. The summed E-state index contributed by atoms with van der Waals surface area (Å²) in [5.41, 5.74) is 0. The first-order valence-electron chi connectivity index (χ1n) is 4.61. The number of hydrogen-bond donors (Lipinski definition) is 1. The van der Waals surface area contributed by atoms with Crippen LogP contribution in [0.2, 0.25) is 0 Å². The van der Waals surface area contributed by atoms with Gasteiger partial charge in [-0.25, -0.2) is 0 Å². The Morgan fingerprint density at radius 2 is 2.33 bits per heavy atom. The molecule has 0 saturated carbocycles. The molecule has 0 aliphatic carbocycles. The van der Waals surface area contributed by atoms with Crippen LogP contribution < -0.4 is 5.32 Å². The van der Waals surface area contributed by atoms with Crippen molar-refractivity contribution in [3.8, 4) is 0 Å². The quantitative estimate of drug-likeness (QED) is 0.665. The fourth-order valence-corrected chi connectivity index (χ4v) is 1.40. The molecule has 1 heterocycles. The second kappa shape index (κ2) is 3.78. The number of rotatable bonds is 2. The summed E-state index contributed by atoms with van der Waals surface area (Å²) in [7, 11) is 2.09. The van der Waals surface area contributed by atoms with Gasteiger partial charge in [-0.3, -0.25) is 4.99 Å². The van der Waals surface area contributed by atoms with Crippen molar-refractivity contribution in [1.29, 1.82) is 0 Å². The summed E-state index contributed by atoms with van der Waals surface area (Å²) < 4.78 is 0. The van der Waals surface area contributed by atoms with Crippen LogP contribution in [0.25, 0.3) is 0 Å². The van der Waals surface area contributed by atoms with Gasteiger partial charge in [-0.2, -0.15) is 0 Å². The van der Waals surface area contributed by atoms with Gasteiger partial charge in [0.25, 0.3) is 0 Å². The fraction of sp³-hybridized carbons (Fsp3) is 0.889. The van der Waals surface area contributed by atoms with Crippen LogP contribution in [0.15, 0.2) is 4.99 Å². The third-order valence-electron chi connectivity index (χ3n) is 1.89. The molecule has 1 aliphatic heterocycles. The summed E-state index contributed by atoms with van der Waals surface area (Å²) in [6, 6.07) is 0.509. The van der Waals surface area contributed by atoms with E-state index in [1.54, 1.807) is 0 Å². The second-order valence-corrected chi connectivity index (χ2v) is 3.98. The van der Waals surface area contributed by atoms with Crippen LogP contribution in [0.5, 0.6) is 0 Å². The third-order valence-corrected chi connectivity index (χ3v) is 1.89. The highest BCUT2D eigenvalue weighted by Gasteiger charge is 2.16. The molecule has 0 saturated heterocycles. The first kappa shape index (κ1) is 9.36. The van der Waals surface area contributed by atoms with Gasteiger partial charge >= 0.3 is 0 Å². The lowest BCUT2D eigenvalue weighted by Gasteiger charge is -2.21. The predicted molar refractivity (Wildman–Crippen MR) is 52.4 cm³/mol. The van der Waals surface area contributed by atoms with Gasteiger partial charge in [-0.1, -0.05) is 13.8 Å². The molecule has 1 N–H and O–H groups in total. The van der Waals surface area contributed by atoms with Crippen LogP contribution in [0, 0.1) is 5.92 Å². The van der Waals surface area contributed by atoms with Gasteiger partial charge in [0.15, 0.2) is 5.96 Å². The summed E-state index contributed by atoms with van der Waals surface area (Å²) in [4.78, 5) is 6.59. The zero-order valence-electron chi connectivity index (χ0n) is 8.46. The molecule has 70 valence electrons. The summed E-state index contributed by atoms with van der Waals surface area (Å²) in [6.07, 6.45) is 0. The molecule has 0 aromatic carbocycles. The second-order valence-electron chi connectivity index (χ2n) is 3.98. The Hall–Kier alpha value is -0.730. The molecule has 0 aromatic rings. The van der Waals surface area contributed by atoms with Crippen molar-refractivity contribution in [1.82, 2.24) is 10.2 Å². The van der Waals surface area contributed by atoms with E-state index in [1.807, 2.05) is 0 Å². The van der Waals surface area contributed by atoms with E-state index in [4.69, 9.17) is 0 Å². The molecule has 0 aromatic heterocycles. The molecule has 0 spiro atoms. The van der Waals surface area contributed by atoms with Crippen molar-refractivity contribution in [2.24, 2.45) is 10.9 Å². The number of nitrogens with one attached hydrogen (secondary N) is 1. The number of guanidine groups is 1. The Morgan fingerprint density at radius 1 is 1.67 bits per heavy atom. The van der Waals surface area contributed by atoms with Crippen molar-refractivity contribution in [2.75, 3.05) is 20.1 Å². The molecule has 0 fully saturated rings. The first-order chi connectivity index (χ1) is 5.59. The van der Waals surface area contributed by atoms with E-state index in [0.717, 1.165) is 19.0 Å². The van der Waals surface area contributed by atoms with Crippen molar-refractivity contribution in [3.63, 3.8) is 0 Å². The highest BCUT2D eigenvalue weighted by molar-refractivity contribution is 5.81. The molecule has 0 amide bonds. The Labute approximate surface area is 74.9 Å². The fourth-order valence-electron chi connectivity index (χ4n) is 1.40. The SMILES string of the molecule is CC(C)CN(C)C1=NCC(C)N1. The van der Waals surface area contributed by atoms with E-state index >= 15 is 0 Å². The Kier molecular flexibility index (Phi) is 2.95. The van der Waals surface area contributed by atoms with Gasteiger partial charge < -0.3 is 10.2 Å². The molecule has 1 aliphatic rings. The lowest BCUT2D eigenvalue weighted by atomic mass is 10.2. The molecule has 12 heavy (non-hydrogen) atoms. The highest BCUT2D eigenvalue weighted by Crippen LogP contribution is 2.01. The molecular weight excluding hydrogens is 150 g/mol.